The molecule has 1 aromatic rings. The summed E-state index contributed by atoms with van der Waals surface area (Å²) >= 11 is 6.03. The fourth-order valence-electron chi connectivity index (χ4n) is 1.06. The summed E-state index contributed by atoms with van der Waals surface area (Å²) in [5.41, 5.74) is 3.56. The average molecular weight is 181 g/mol. The van der Waals surface area contributed by atoms with Gasteiger partial charge in [-0.25, -0.2) is 0 Å². The molecule has 0 saturated heterocycles. The Labute approximate surface area is 78.9 Å². The second-order valence-electron chi connectivity index (χ2n) is 3.25. The van der Waals surface area contributed by atoms with Crippen molar-refractivity contribution in [1.29, 1.82) is 0 Å². The third kappa shape index (κ3) is 2.38. The molecule has 0 bridgehead atoms. The third-order valence-corrected chi connectivity index (χ3v) is 1.93. The molecule has 0 amide bonds. The van der Waals surface area contributed by atoms with Gasteiger partial charge in [-0.2, -0.15) is 0 Å². The van der Waals surface area contributed by atoms with E-state index in [1.54, 1.807) is 0 Å². The van der Waals surface area contributed by atoms with Crippen LogP contribution < -0.4 is 0 Å². The molecule has 0 aromatic heterocycles. The number of rotatable bonds is 1. The molecule has 0 aliphatic rings. The van der Waals surface area contributed by atoms with Crippen molar-refractivity contribution in [3.63, 3.8) is 0 Å². The van der Waals surface area contributed by atoms with Gasteiger partial charge >= 0.3 is 0 Å². The highest BCUT2D eigenvalue weighted by Gasteiger charge is 1.95. The standard InChI is InChI=1S/C11H13Cl/c1-8(2)6-10-5-4-9(3)7-11(10)12/h4-7H,1-3H3. The Morgan fingerprint density at radius 2 is 2.00 bits per heavy atom. The Kier molecular flexibility index (Phi) is 2.93. The van der Waals surface area contributed by atoms with E-state index in [4.69, 9.17) is 11.6 Å². The van der Waals surface area contributed by atoms with Crippen LogP contribution >= 0.6 is 11.6 Å². The van der Waals surface area contributed by atoms with E-state index < -0.39 is 0 Å². The maximum atomic E-state index is 6.03. The van der Waals surface area contributed by atoms with E-state index in [-0.39, 0.29) is 0 Å². The SMILES string of the molecule is CC(C)=Cc1ccc(C)cc1Cl. The van der Waals surface area contributed by atoms with Gasteiger partial charge in [0, 0.05) is 5.02 Å². The maximum Gasteiger partial charge on any atom is 0.0480 e. The molecule has 0 atom stereocenters. The predicted octanol–water partition coefficient (Wildman–Crippen LogP) is 4.07. The molecule has 0 fully saturated rings. The maximum absolute atomic E-state index is 6.03. The summed E-state index contributed by atoms with van der Waals surface area (Å²) in [4.78, 5) is 0. The van der Waals surface area contributed by atoms with Gasteiger partial charge in [0.15, 0.2) is 0 Å². The van der Waals surface area contributed by atoms with E-state index >= 15 is 0 Å². The normalized spacial score (nSPS) is 9.67. The van der Waals surface area contributed by atoms with E-state index in [2.05, 4.69) is 26.0 Å². The zero-order valence-corrected chi connectivity index (χ0v) is 8.44. The highest BCUT2D eigenvalue weighted by molar-refractivity contribution is 6.32. The molecular formula is C11H13Cl. The van der Waals surface area contributed by atoms with Crippen molar-refractivity contribution < 1.29 is 0 Å². The Hall–Kier alpha value is -0.750. The van der Waals surface area contributed by atoms with Crippen LogP contribution in [0.5, 0.6) is 0 Å². The Bertz CT molecular complexity index is 307. The van der Waals surface area contributed by atoms with Crippen molar-refractivity contribution in [3.8, 4) is 0 Å². The molecule has 0 aliphatic heterocycles. The van der Waals surface area contributed by atoms with Gasteiger partial charge in [-0.1, -0.05) is 35.4 Å². The van der Waals surface area contributed by atoms with Crippen molar-refractivity contribution in [3.05, 3.63) is 39.9 Å². The Morgan fingerprint density at radius 1 is 1.33 bits per heavy atom. The molecule has 1 rings (SSSR count). The lowest BCUT2D eigenvalue weighted by Crippen LogP contribution is -1.78. The van der Waals surface area contributed by atoms with Gasteiger partial charge in [0.25, 0.3) is 0 Å². The van der Waals surface area contributed by atoms with Crippen molar-refractivity contribution in [1.82, 2.24) is 0 Å². The zero-order valence-electron chi connectivity index (χ0n) is 7.69. The molecule has 0 aliphatic carbocycles. The molecule has 12 heavy (non-hydrogen) atoms. The lowest BCUT2D eigenvalue weighted by Gasteiger charge is -2.00. The molecule has 64 valence electrons. The number of allylic oxidation sites excluding steroid dienone is 1. The second-order valence-corrected chi connectivity index (χ2v) is 3.65. The van der Waals surface area contributed by atoms with Gasteiger partial charge in [-0.05, 0) is 38.0 Å². The summed E-state index contributed by atoms with van der Waals surface area (Å²) in [6.07, 6.45) is 2.09. The van der Waals surface area contributed by atoms with E-state index in [0.717, 1.165) is 10.6 Å². The van der Waals surface area contributed by atoms with Crippen molar-refractivity contribution in [2.24, 2.45) is 0 Å². The monoisotopic (exact) mass is 180 g/mol. The van der Waals surface area contributed by atoms with E-state index in [9.17, 15) is 0 Å². The molecule has 1 aromatic carbocycles. The smallest absolute Gasteiger partial charge is 0.0480 e. The molecule has 0 unspecified atom stereocenters. The van der Waals surface area contributed by atoms with E-state index in [1.807, 2.05) is 19.1 Å². The lowest BCUT2D eigenvalue weighted by atomic mass is 10.1. The Balaban J connectivity index is 3.10. The third-order valence-electron chi connectivity index (χ3n) is 1.60. The predicted molar refractivity (Wildman–Crippen MR) is 55.5 cm³/mol. The molecular weight excluding hydrogens is 168 g/mol. The molecule has 0 heterocycles. The minimum atomic E-state index is 0.830. The summed E-state index contributed by atoms with van der Waals surface area (Å²) in [6, 6.07) is 6.10. The molecule has 1 heteroatoms. The van der Waals surface area contributed by atoms with Gasteiger partial charge in [-0.3, -0.25) is 0 Å². The number of benzene rings is 1. The minimum Gasteiger partial charge on any atom is -0.0837 e. The Morgan fingerprint density at radius 3 is 2.50 bits per heavy atom. The van der Waals surface area contributed by atoms with Gasteiger partial charge in [0.2, 0.25) is 0 Å². The van der Waals surface area contributed by atoms with Crippen LogP contribution in [0.1, 0.15) is 25.0 Å². The summed E-state index contributed by atoms with van der Waals surface area (Å²) in [5, 5.41) is 0.830. The van der Waals surface area contributed by atoms with Gasteiger partial charge in [0.05, 0.1) is 0 Å². The van der Waals surface area contributed by atoms with Gasteiger partial charge in [0.1, 0.15) is 0 Å². The summed E-state index contributed by atoms with van der Waals surface area (Å²) < 4.78 is 0. The fourth-order valence-corrected chi connectivity index (χ4v) is 1.35. The van der Waals surface area contributed by atoms with Crippen LogP contribution in [0.3, 0.4) is 0 Å². The lowest BCUT2D eigenvalue weighted by molar-refractivity contribution is 1.41. The van der Waals surface area contributed by atoms with Crippen LogP contribution in [-0.4, -0.2) is 0 Å². The van der Waals surface area contributed by atoms with Crippen molar-refractivity contribution in [2.75, 3.05) is 0 Å². The van der Waals surface area contributed by atoms with Crippen LogP contribution in [0, 0.1) is 6.92 Å². The molecule has 0 radical (unpaired) electrons. The average Bonchev–Trinajstić information content (AvgIpc) is 1.94. The summed E-state index contributed by atoms with van der Waals surface area (Å²) in [7, 11) is 0. The largest absolute Gasteiger partial charge is 0.0837 e. The second kappa shape index (κ2) is 3.77. The van der Waals surface area contributed by atoms with Crippen LogP contribution in [0.15, 0.2) is 23.8 Å². The van der Waals surface area contributed by atoms with Gasteiger partial charge in [-0.15, -0.1) is 0 Å². The number of hydrogen-bond acceptors (Lipinski definition) is 0. The highest BCUT2D eigenvalue weighted by Crippen LogP contribution is 2.19. The van der Waals surface area contributed by atoms with Crippen LogP contribution in [0.2, 0.25) is 5.02 Å². The first-order valence-corrected chi connectivity index (χ1v) is 4.38. The first-order chi connectivity index (χ1) is 5.59. The topological polar surface area (TPSA) is 0 Å². The minimum absolute atomic E-state index is 0.830. The molecule has 0 spiro atoms. The molecule has 0 N–H and O–H groups in total. The van der Waals surface area contributed by atoms with Crippen LogP contribution in [0.4, 0.5) is 0 Å². The van der Waals surface area contributed by atoms with E-state index in [1.165, 1.54) is 11.1 Å². The molecule has 0 saturated carbocycles. The summed E-state index contributed by atoms with van der Waals surface area (Å²) in [5.74, 6) is 0. The number of aryl methyl sites for hydroxylation is 1. The quantitative estimate of drug-likeness (QED) is 0.611. The zero-order chi connectivity index (χ0) is 9.14. The van der Waals surface area contributed by atoms with Crippen LogP contribution in [0.25, 0.3) is 6.08 Å². The van der Waals surface area contributed by atoms with Crippen molar-refractivity contribution >= 4 is 17.7 Å². The fraction of sp³-hybridized carbons (Fsp3) is 0.273. The highest BCUT2D eigenvalue weighted by atomic mass is 35.5. The number of halogens is 1. The van der Waals surface area contributed by atoms with Gasteiger partial charge < -0.3 is 0 Å². The van der Waals surface area contributed by atoms with E-state index in [0.29, 0.717) is 0 Å². The van der Waals surface area contributed by atoms with Crippen molar-refractivity contribution in [2.45, 2.75) is 20.8 Å². The first kappa shape index (κ1) is 9.34. The first-order valence-electron chi connectivity index (χ1n) is 4.00. The van der Waals surface area contributed by atoms with Crippen LogP contribution in [-0.2, 0) is 0 Å². The summed E-state index contributed by atoms with van der Waals surface area (Å²) in [6.45, 7) is 6.17. The number of hydrogen-bond donors (Lipinski definition) is 0. The molecule has 0 nitrogen and oxygen atoms in total.